The summed E-state index contributed by atoms with van der Waals surface area (Å²) < 4.78 is 11.3. The molecule has 0 aliphatic carbocycles. The van der Waals surface area contributed by atoms with Crippen LogP contribution in [0.15, 0.2) is 133 Å². The molecule has 0 bridgehead atoms. The number of ether oxygens (including phenoxy) is 2. The average molecular weight is 599 g/mol. The van der Waals surface area contributed by atoms with Gasteiger partial charge in [0.15, 0.2) is 5.78 Å². The van der Waals surface area contributed by atoms with E-state index in [9.17, 15) is 9.59 Å². The van der Waals surface area contributed by atoms with Crippen molar-refractivity contribution >= 4 is 23.1 Å². The molecule has 5 aromatic rings. The number of anilines is 2. The van der Waals surface area contributed by atoms with Gasteiger partial charge in [-0.05, 0) is 60.0 Å². The molecule has 5 aromatic carbocycles. The third-order valence-electron chi connectivity index (χ3n) is 7.60. The molecule has 45 heavy (non-hydrogen) atoms. The predicted octanol–water partition coefficient (Wildman–Crippen LogP) is 7.51. The van der Waals surface area contributed by atoms with Crippen LogP contribution in [0.5, 0.6) is 5.75 Å². The maximum absolute atomic E-state index is 13.2. The fourth-order valence-corrected chi connectivity index (χ4v) is 5.23. The molecule has 0 saturated heterocycles. The van der Waals surface area contributed by atoms with Crippen LogP contribution in [0.25, 0.3) is 0 Å². The molecule has 1 N–H and O–H groups in total. The number of hydrogen-bond donors (Lipinski definition) is 1. The summed E-state index contributed by atoms with van der Waals surface area (Å²) in [5, 5.41) is 3.27. The second-order valence-electron chi connectivity index (χ2n) is 10.9. The summed E-state index contributed by atoms with van der Waals surface area (Å²) in [6, 6.07) is 42.3. The van der Waals surface area contributed by atoms with Crippen LogP contribution in [0.4, 0.5) is 11.4 Å². The number of benzene rings is 5. The summed E-state index contributed by atoms with van der Waals surface area (Å²) in [5.74, 6) is 0.226. The second-order valence-corrected chi connectivity index (χ2v) is 10.9. The molecule has 0 aromatic heterocycles. The smallest absolute Gasteiger partial charge is 0.328 e. The third-order valence-corrected chi connectivity index (χ3v) is 7.60. The topological polar surface area (TPSA) is 67.9 Å². The van der Waals surface area contributed by atoms with E-state index >= 15 is 0 Å². The number of ketones is 1. The van der Waals surface area contributed by atoms with E-state index < -0.39 is 12.0 Å². The van der Waals surface area contributed by atoms with Gasteiger partial charge in [0.2, 0.25) is 0 Å². The molecule has 0 aliphatic rings. The Kier molecular flexibility index (Phi) is 10.6. The van der Waals surface area contributed by atoms with E-state index in [1.54, 1.807) is 24.3 Å². The van der Waals surface area contributed by atoms with Crippen molar-refractivity contribution in [2.24, 2.45) is 0 Å². The van der Waals surface area contributed by atoms with Gasteiger partial charge < -0.3 is 19.7 Å². The Morgan fingerprint density at radius 2 is 1.44 bits per heavy atom. The van der Waals surface area contributed by atoms with Crippen LogP contribution >= 0.6 is 0 Å². The highest BCUT2D eigenvalue weighted by molar-refractivity contribution is 6.12. The molecule has 0 spiro atoms. The van der Waals surface area contributed by atoms with Crippen molar-refractivity contribution in [3.63, 3.8) is 0 Å². The van der Waals surface area contributed by atoms with Crippen molar-refractivity contribution in [2.45, 2.75) is 25.9 Å². The fraction of sp³-hybridized carbons (Fsp3) is 0.179. The lowest BCUT2D eigenvalue weighted by Gasteiger charge is -2.25. The van der Waals surface area contributed by atoms with Crippen LogP contribution in [0, 0.1) is 6.92 Å². The zero-order valence-electron chi connectivity index (χ0n) is 25.7. The number of methoxy groups -OCH3 is 1. The van der Waals surface area contributed by atoms with E-state index in [4.69, 9.17) is 9.47 Å². The van der Waals surface area contributed by atoms with E-state index in [1.807, 2.05) is 60.7 Å². The van der Waals surface area contributed by atoms with E-state index in [1.165, 1.54) is 18.2 Å². The first-order valence-corrected chi connectivity index (χ1v) is 15.1. The van der Waals surface area contributed by atoms with Gasteiger partial charge in [-0.2, -0.15) is 0 Å². The van der Waals surface area contributed by atoms with Gasteiger partial charge in [-0.1, -0.05) is 97.1 Å². The first-order chi connectivity index (χ1) is 22.0. The molecule has 1 unspecified atom stereocenters. The van der Waals surface area contributed by atoms with Crippen LogP contribution in [0.3, 0.4) is 0 Å². The average Bonchev–Trinajstić information content (AvgIpc) is 3.08. The summed E-state index contributed by atoms with van der Waals surface area (Å²) in [6.07, 6.45) is 0.374. The van der Waals surface area contributed by atoms with Crippen LogP contribution in [0.2, 0.25) is 0 Å². The molecular weight excluding hydrogens is 560 g/mol. The number of rotatable bonds is 14. The van der Waals surface area contributed by atoms with E-state index in [-0.39, 0.29) is 5.78 Å². The monoisotopic (exact) mass is 598 g/mol. The zero-order valence-corrected chi connectivity index (χ0v) is 25.7. The Morgan fingerprint density at radius 3 is 2.16 bits per heavy atom. The Bertz CT molecular complexity index is 1690. The van der Waals surface area contributed by atoms with Gasteiger partial charge in [-0.15, -0.1) is 0 Å². The van der Waals surface area contributed by atoms with Gasteiger partial charge >= 0.3 is 5.97 Å². The largest absolute Gasteiger partial charge is 0.492 e. The molecule has 6 nitrogen and oxygen atoms in total. The molecule has 1 atom stereocenters. The SMILES string of the molecule is COC(=O)C(Cc1ccc(OCCN(Cc2ccccc2)c2cccc(C)c2)cc1)Nc1ccccc1C(=O)c1ccccc1. The number of nitrogens with zero attached hydrogens (tertiary/aromatic N) is 1. The first kappa shape index (κ1) is 31.1. The van der Waals surface area contributed by atoms with Crippen LogP contribution in [0.1, 0.15) is 32.6 Å². The van der Waals surface area contributed by atoms with Gasteiger partial charge in [0.25, 0.3) is 0 Å². The Balaban J connectivity index is 1.23. The highest BCUT2D eigenvalue weighted by Crippen LogP contribution is 2.23. The number of esters is 1. The van der Waals surface area contributed by atoms with E-state index in [0.717, 1.165) is 30.1 Å². The van der Waals surface area contributed by atoms with Crippen LogP contribution < -0.4 is 15.0 Å². The highest BCUT2D eigenvalue weighted by atomic mass is 16.5. The minimum absolute atomic E-state index is 0.117. The number of para-hydroxylation sites is 1. The van der Waals surface area contributed by atoms with Gasteiger partial charge in [0, 0.05) is 35.5 Å². The lowest BCUT2D eigenvalue weighted by Crippen LogP contribution is -2.33. The van der Waals surface area contributed by atoms with Crippen molar-refractivity contribution in [1.82, 2.24) is 0 Å². The number of carbonyl (C=O) groups excluding carboxylic acids is 2. The lowest BCUT2D eigenvalue weighted by atomic mass is 10.00. The first-order valence-electron chi connectivity index (χ1n) is 15.1. The molecule has 6 heteroatoms. The predicted molar refractivity (Wildman–Crippen MR) is 180 cm³/mol. The van der Waals surface area contributed by atoms with Crippen molar-refractivity contribution in [2.75, 3.05) is 30.5 Å². The minimum atomic E-state index is -0.688. The molecule has 5 rings (SSSR count). The van der Waals surface area contributed by atoms with Gasteiger partial charge in [-0.3, -0.25) is 4.79 Å². The van der Waals surface area contributed by atoms with Crippen LogP contribution in [-0.2, 0) is 22.5 Å². The second kappa shape index (κ2) is 15.4. The number of aryl methyl sites for hydroxylation is 1. The lowest BCUT2D eigenvalue weighted by molar-refractivity contribution is -0.141. The molecule has 228 valence electrons. The van der Waals surface area contributed by atoms with Crippen molar-refractivity contribution < 1.29 is 19.1 Å². The summed E-state index contributed by atoms with van der Waals surface area (Å²) in [5.41, 5.74) is 6.20. The van der Waals surface area contributed by atoms with Gasteiger partial charge in [0.1, 0.15) is 18.4 Å². The molecule has 0 amide bonds. The van der Waals surface area contributed by atoms with E-state index in [0.29, 0.717) is 29.8 Å². The Morgan fingerprint density at radius 1 is 0.756 bits per heavy atom. The third kappa shape index (κ3) is 8.61. The summed E-state index contributed by atoms with van der Waals surface area (Å²) in [7, 11) is 1.37. The molecule has 0 fully saturated rings. The fourth-order valence-electron chi connectivity index (χ4n) is 5.23. The quantitative estimate of drug-likeness (QED) is 0.105. The van der Waals surface area contributed by atoms with E-state index in [2.05, 4.69) is 65.7 Å². The molecule has 0 aliphatic heterocycles. The summed E-state index contributed by atoms with van der Waals surface area (Å²) in [4.78, 5) is 28.4. The number of nitrogens with one attached hydrogen (secondary N) is 1. The highest BCUT2D eigenvalue weighted by Gasteiger charge is 2.22. The number of hydrogen-bond acceptors (Lipinski definition) is 6. The minimum Gasteiger partial charge on any atom is -0.492 e. The summed E-state index contributed by atoms with van der Waals surface area (Å²) >= 11 is 0. The normalized spacial score (nSPS) is 11.3. The van der Waals surface area contributed by atoms with Crippen molar-refractivity contribution in [3.05, 3.63) is 161 Å². The molecule has 0 saturated carbocycles. The Labute approximate surface area is 265 Å². The molecular formula is C39H38N2O4. The van der Waals surface area contributed by atoms with Gasteiger partial charge in [0.05, 0.1) is 13.7 Å². The molecule has 0 heterocycles. The standard InChI is InChI=1S/C39H38N2O4/c1-29-12-11-17-33(26-29)41(28-31-13-5-3-6-14-31)24-25-45-34-22-20-30(21-23-34)27-37(39(43)44-2)40-36-19-10-9-18-35(36)38(42)32-15-7-4-8-16-32/h3-23,26,37,40H,24-25,27-28H2,1-2H3. The maximum Gasteiger partial charge on any atom is 0.328 e. The van der Waals surface area contributed by atoms with Gasteiger partial charge in [-0.25, -0.2) is 4.79 Å². The van der Waals surface area contributed by atoms with Crippen LogP contribution in [-0.4, -0.2) is 38.1 Å². The molecule has 0 radical (unpaired) electrons. The van der Waals surface area contributed by atoms with Crippen molar-refractivity contribution in [1.29, 1.82) is 0 Å². The Hall–Kier alpha value is -5.36. The summed E-state index contributed by atoms with van der Waals surface area (Å²) in [6.45, 7) is 4.12. The number of carbonyl (C=O) groups is 2. The zero-order chi connectivity index (χ0) is 31.4. The maximum atomic E-state index is 13.2. The van der Waals surface area contributed by atoms with Crippen molar-refractivity contribution in [3.8, 4) is 5.75 Å².